The van der Waals surface area contributed by atoms with Gasteiger partial charge in [-0.25, -0.2) is 13.2 Å². The molecule has 0 radical (unpaired) electrons. The number of benzene rings is 3. The Morgan fingerprint density at radius 2 is 1.66 bits per heavy atom. The molecule has 0 fully saturated rings. The van der Waals surface area contributed by atoms with Gasteiger partial charge in [-0.15, -0.1) is 0 Å². The maximum atomic E-state index is 12.9. The predicted molar refractivity (Wildman–Crippen MR) is 126 cm³/mol. The van der Waals surface area contributed by atoms with E-state index in [4.69, 9.17) is 0 Å². The van der Waals surface area contributed by atoms with Crippen molar-refractivity contribution >= 4 is 21.6 Å². The van der Waals surface area contributed by atoms with Crippen LogP contribution in [0.4, 0.5) is 10.5 Å². The number of anilines is 1. The van der Waals surface area contributed by atoms with Crippen molar-refractivity contribution in [2.24, 2.45) is 0 Å². The highest BCUT2D eigenvalue weighted by Crippen LogP contribution is 2.25. The molecule has 7 heteroatoms. The monoisotopic (exact) mass is 449 g/mol. The number of hydrogen-bond donors (Lipinski definition) is 2. The topological polar surface area (TPSA) is 78.5 Å². The van der Waals surface area contributed by atoms with Gasteiger partial charge in [0.25, 0.3) is 0 Å². The van der Waals surface area contributed by atoms with Crippen LogP contribution in [0.2, 0.25) is 0 Å². The zero-order valence-electron chi connectivity index (χ0n) is 18.2. The highest BCUT2D eigenvalue weighted by Gasteiger charge is 2.19. The van der Waals surface area contributed by atoms with Crippen molar-refractivity contribution in [3.8, 4) is 0 Å². The minimum Gasteiger partial charge on any atom is -0.331 e. The van der Waals surface area contributed by atoms with Crippen molar-refractivity contribution in [3.63, 3.8) is 0 Å². The van der Waals surface area contributed by atoms with E-state index in [2.05, 4.69) is 22.6 Å². The Kier molecular flexibility index (Phi) is 6.30. The molecular weight excluding hydrogens is 422 g/mol. The van der Waals surface area contributed by atoms with Crippen LogP contribution in [-0.2, 0) is 28.7 Å². The van der Waals surface area contributed by atoms with Crippen molar-refractivity contribution in [1.29, 1.82) is 0 Å². The third-order valence-corrected chi connectivity index (χ3v) is 7.33. The lowest BCUT2D eigenvalue weighted by molar-refractivity contribution is 0.249. The average Bonchev–Trinajstić information content (AvgIpc) is 3.13. The van der Waals surface area contributed by atoms with Gasteiger partial charge in [0.15, 0.2) is 9.84 Å². The van der Waals surface area contributed by atoms with Crippen LogP contribution in [0, 0.1) is 0 Å². The summed E-state index contributed by atoms with van der Waals surface area (Å²) < 4.78 is 25.8. The highest BCUT2D eigenvalue weighted by atomic mass is 32.2. The number of carbonyl (C=O) groups is 1. The summed E-state index contributed by atoms with van der Waals surface area (Å²) in [6.07, 6.45) is 0. The quantitative estimate of drug-likeness (QED) is 0.581. The second kappa shape index (κ2) is 9.14. The fraction of sp³-hybridized carbons (Fsp3) is 0.240. The van der Waals surface area contributed by atoms with E-state index in [9.17, 15) is 13.2 Å². The lowest BCUT2D eigenvalue weighted by atomic mass is 10.1. The minimum atomic E-state index is -3.49. The lowest BCUT2D eigenvalue weighted by Crippen LogP contribution is -2.31. The molecule has 1 heterocycles. The maximum absolute atomic E-state index is 12.9. The van der Waals surface area contributed by atoms with Crippen molar-refractivity contribution < 1.29 is 13.2 Å². The number of urea groups is 1. The Balaban J connectivity index is 1.38. The first kappa shape index (κ1) is 22.0. The molecule has 1 atom stereocenters. The van der Waals surface area contributed by atoms with Crippen LogP contribution in [0.5, 0.6) is 0 Å². The van der Waals surface area contributed by atoms with Gasteiger partial charge in [0, 0.05) is 18.8 Å². The molecule has 0 bridgehead atoms. The van der Waals surface area contributed by atoms with Crippen molar-refractivity contribution in [1.82, 2.24) is 10.2 Å². The summed E-state index contributed by atoms with van der Waals surface area (Å²) in [5, 5.41) is 5.63. The van der Waals surface area contributed by atoms with E-state index < -0.39 is 9.84 Å². The van der Waals surface area contributed by atoms with E-state index in [0.717, 1.165) is 24.2 Å². The first-order valence-electron chi connectivity index (χ1n) is 10.5. The molecule has 2 amide bonds. The van der Waals surface area contributed by atoms with Crippen molar-refractivity contribution in [2.75, 3.05) is 12.4 Å². The van der Waals surface area contributed by atoms with Gasteiger partial charge in [0.05, 0.1) is 16.7 Å². The van der Waals surface area contributed by atoms with Gasteiger partial charge in [-0.3, -0.25) is 4.90 Å². The molecule has 0 saturated heterocycles. The molecule has 1 unspecified atom stereocenters. The number of nitrogens with one attached hydrogen (secondary N) is 2. The molecule has 32 heavy (non-hydrogen) atoms. The molecule has 2 N–H and O–H groups in total. The summed E-state index contributed by atoms with van der Waals surface area (Å²) in [7, 11) is -1.44. The Morgan fingerprint density at radius 1 is 0.969 bits per heavy atom. The van der Waals surface area contributed by atoms with E-state index >= 15 is 0 Å². The predicted octanol–water partition coefficient (Wildman–Crippen LogP) is 4.49. The minimum absolute atomic E-state index is 0.0498. The maximum Gasteiger partial charge on any atom is 0.319 e. The molecule has 0 aliphatic carbocycles. The van der Waals surface area contributed by atoms with Gasteiger partial charge in [-0.2, -0.15) is 0 Å². The molecule has 1 aliphatic rings. The first-order valence-corrected chi connectivity index (χ1v) is 12.2. The summed E-state index contributed by atoms with van der Waals surface area (Å²) >= 11 is 0. The number of carbonyl (C=O) groups excluding carboxylic acids is 1. The Hall–Kier alpha value is -3.16. The molecular formula is C25H27N3O3S. The van der Waals surface area contributed by atoms with Gasteiger partial charge < -0.3 is 10.6 Å². The largest absolute Gasteiger partial charge is 0.331 e. The van der Waals surface area contributed by atoms with Gasteiger partial charge in [0.1, 0.15) is 0 Å². The Bertz CT molecular complexity index is 1210. The van der Waals surface area contributed by atoms with Gasteiger partial charge in [-0.05, 0) is 60.5 Å². The van der Waals surface area contributed by atoms with Crippen LogP contribution >= 0.6 is 0 Å². The molecule has 4 rings (SSSR count). The first-order chi connectivity index (χ1) is 15.3. The smallest absolute Gasteiger partial charge is 0.319 e. The van der Waals surface area contributed by atoms with E-state index in [1.807, 2.05) is 55.5 Å². The molecule has 166 valence electrons. The van der Waals surface area contributed by atoms with Crippen molar-refractivity contribution in [3.05, 3.63) is 95.1 Å². The second-order valence-electron chi connectivity index (χ2n) is 8.29. The standard InChI is InChI=1S/C25H27N3O3S/c1-18(20-6-4-3-5-7-20)26-25(29)27-23-10-12-24(13-11-23)32(30,31)17-19-8-9-21-15-28(2)16-22(21)14-19/h3-14,18H,15-17H2,1-2H3,(H2,26,27,29). The lowest BCUT2D eigenvalue weighted by Gasteiger charge is -2.15. The summed E-state index contributed by atoms with van der Waals surface area (Å²) in [5.41, 5.74) is 4.76. The van der Waals surface area contributed by atoms with Gasteiger partial charge >= 0.3 is 6.03 Å². The van der Waals surface area contributed by atoms with Crippen molar-refractivity contribution in [2.45, 2.75) is 36.7 Å². The number of nitrogens with zero attached hydrogens (tertiary/aromatic N) is 1. The summed E-state index contributed by atoms with van der Waals surface area (Å²) in [5.74, 6) is -0.0498. The fourth-order valence-electron chi connectivity index (χ4n) is 3.95. The van der Waals surface area contributed by atoms with Crippen LogP contribution in [0.3, 0.4) is 0 Å². The number of amides is 2. The highest BCUT2D eigenvalue weighted by molar-refractivity contribution is 7.90. The second-order valence-corrected chi connectivity index (χ2v) is 10.3. The number of fused-ring (bicyclic) bond motifs is 1. The normalized spacial score (nSPS) is 14.6. The average molecular weight is 450 g/mol. The molecule has 6 nitrogen and oxygen atoms in total. The number of sulfone groups is 1. The van der Waals surface area contributed by atoms with Crippen LogP contribution in [-0.4, -0.2) is 26.4 Å². The SMILES string of the molecule is CC(NC(=O)Nc1ccc(S(=O)(=O)Cc2ccc3c(c2)CN(C)C3)cc1)c1ccccc1. The van der Waals surface area contributed by atoms with Crippen LogP contribution in [0.15, 0.2) is 77.7 Å². The molecule has 1 aliphatic heterocycles. The molecule has 0 aromatic heterocycles. The Labute approximate surface area is 189 Å². The molecule has 3 aromatic carbocycles. The zero-order chi connectivity index (χ0) is 22.7. The number of hydrogen-bond acceptors (Lipinski definition) is 4. The van der Waals surface area contributed by atoms with Gasteiger partial charge in [0.2, 0.25) is 0 Å². The van der Waals surface area contributed by atoms with E-state index in [1.54, 1.807) is 12.1 Å². The fourth-order valence-corrected chi connectivity index (χ4v) is 5.28. The summed E-state index contributed by atoms with van der Waals surface area (Å²) in [4.78, 5) is 14.7. The third kappa shape index (κ3) is 5.18. The third-order valence-electron chi connectivity index (χ3n) is 5.63. The Morgan fingerprint density at radius 3 is 2.38 bits per heavy atom. The molecule has 0 spiro atoms. The molecule has 0 saturated carbocycles. The van der Waals surface area contributed by atoms with Crippen LogP contribution in [0.25, 0.3) is 0 Å². The van der Waals surface area contributed by atoms with Crippen LogP contribution in [0.1, 0.15) is 35.2 Å². The molecule has 3 aromatic rings. The van der Waals surface area contributed by atoms with Gasteiger partial charge in [-0.1, -0.05) is 48.5 Å². The van der Waals surface area contributed by atoms with E-state index in [1.165, 1.54) is 23.3 Å². The van der Waals surface area contributed by atoms with E-state index in [0.29, 0.717) is 5.69 Å². The zero-order valence-corrected chi connectivity index (χ0v) is 19.0. The summed E-state index contributed by atoms with van der Waals surface area (Å²) in [6, 6.07) is 21.4. The van der Waals surface area contributed by atoms with E-state index in [-0.39, 0.29) is 22.7 Å². The number of rotatable bonds is 6. The summed E-state index contributed by atoms with van der Waals surface area (Å²) in [6.45, 7) is 3.64. The van der Waals surface area contributed by atoms with Crippen LogP contribution < -0.4 is 10.6 Å².